The van der Waals surface area contributed by atoms with Gasteiger partial charge in [0.05, 0.1) is 6.61 Å². The number of rotatable bonds is 3. The zero-order chi connectivity index (χ0) is 12.9. The first-order chi connectivity index (χ1) is 7.92. The molecule has 0 heterocycles. The summed E-state index contributed by atoms with van der Waals surface area (Å²) in [6.07, 6.45) is 0. The number of hydrogen-bond donors (Lipinski definition) is 0. The zero-order valence-corrected chi connectivity index (χ0v) is 14.0. The van der Waals surface area contributed by atoms with Crippen LogP contribution in [-0.4, -0.2) is 17.8 Å². The Kier molecular flexibility index (Phi) is 5.19. The average molecular weight is 263 g/mol. The second-order valence-corrected chi connectivity index (χ2v) is 11.0. The SMILES string of the molecule is C[SiH2]OCc1ccc(C#C[Si](C)(C)C)cc1C. The van der Waals surface area contributed by atoms with Crippen molar-refractivity contribution in [2.75, 3.05) is 0 Å². The van der Waals surface area contributed by atoms with E-state index in [0.717, 1.165) is 12.2 Å². The van der Waals surface area contributed by atoms with Crippen LogP contribution in [0.4, 0.5) is 0 Å². The van der Waals surface area contributed by atoms with Crippen LogP contribution in [0, 0.1) is 18.4 Å². The molecule has 0 aromatic heterocycles. The van der Waals surface area contributed by atoms with Gasteiger partial charge in [0, 0.05) is 5.56 Å². The smallest absolute Gasteiger partial charge is 0.159 e. The molecule has 0 aliphatic rings. The lowest BCUT2D eigenvalue weighted by molar-refractivity contribution is 0.326. The molecule has 0 aliphatic heterocycles. The Morgan fingerprint density at radius 2 is 2.00 bits per heavy atom. The molecule has 0 saturated carbocycles. The number of hydrogen-bond acceptors (Lipinski definition) is 1. The first-order valence-corrected chi connectivity index (χ1v) is 11.6. The first kappa shape index (κ1) is 14.2. The van der Waals surface area contributed by atoms with Crippen molar-refractivity contribution in [3.05, 3.63) is 34.9 Å². The van der Waals surface area contributed by atoms with Crippen molar-refractivity contribution in [2.45, 2.75) is 39.7 Å². The summed E-state index contributed by atoms with van der Waals surface area (Å²) in [7, 11) is -1.58. The van der Waals surface area contributed by atoms with Crippen LogP contribution in [0.25, 0.3) is 0 Å². The van der Waals surface area contributed by atoms with Crippen LogP contribution in [0.3, 0.4) is 0 Å². The fourth-order valence-electron chi connectivity index (χ4n) is 1.41. The van der Waals surface area contributed by atoms with Crippen LogP contribution < -0.4 is 0 Å². The standard InChI is InChI=1S/C14H22OSi2/c1-12-10-13(8-9-17(3,4)5)6-7-14(12)11-15-16-2/h6-7,10H,11,16H2,1-5H3. The topological polar surface area (TPSA) is 9.23 Å². The third-order valence-electron chi connectivity index (χ3n) is 2.39. The Balaban J connectivity index is 2.84. The molecule has 1 rings (SSSR count). The predicted molar refractivity (Wildman–Crippen MR) is 80.6 cm³/mol. The molecule has 1 nitrogen and oxygen atoms in total. The van der Waals surface area contributed by atoms with Gasteiger partial charge in [0.1, 0.15) is 8.07 Å². The maximum atomic E-state index is 5.56. The Hall–Kier alpha value is -0.826. The van der Waals surface area contributed by atoms with E-state index in [4.69, 9.17) is 4.43 Å². The average Bonchev–Trinajstić information content (AvgIpc) is 2.24. The van der Waals surface area contributed by atoms with E-state index in [9.17, 15) is 0 Å². The van der Waals surface area contributed by atoms with Crippen LogP contribution in [0.15, 0.2) is 18.2 Å². The number of benzene rings is 1. The normalized spacial score (nSPS) is 11.6. The van der Waals surface area contributed by atoms with Crippen LogP contribution in [0.5, 0.6) is 0 Å². The summed E-state index contributed by atoms with van der Waals surface area (Å²) < 4.78 is 5.56. The van der Waals surface area contributed by atoms with Gasteiger partial charge in [-0.3, -0.25) is 0 Å². The van der Waals surface area contributed by atoms with Crippen molar-refractivity contribution in [3.8, 4) is 11.5 Å². The summed E-state index contributed by atoms with van der Waals surface area (Å²) in [6.45, 7) is 11.8. The van der Waals surface area contributed by atoms with Crippen molar-refractivity contribution in [3.63, 3.8) is 0 Å². The first-order valence-electron chi connectivity index (χ1n) is 6.13. The molecule has 0 unspecified atom stereocenters. The molecule has 0 amide bonds. The van der Waals surface area contributed by atoms with Gasteiger partial charge in [-0.25, -0.2) is 0 Å². The molecule has 92 valence electrons. The molecule has 0 spiro atoms. The van der Waals surface area contributed by atoms with E-state index in [1.54, 1.807) is 0 Å². The van der Waals surface area contributed by atoms with Gasteiger partial charge in [-0.1, -0.05) is 38.2 Å². The molecule has 1 aromatic rings. The van der Waals surface area contributed by atoms with Crippen molar-refractivity contribution in [1.29, 1.82) is 0 Å². The fraction of sp³-hybridized carbons (Fsp3) is 0.429. The fourth-order valence-corrected chi connectivity index (χ4v) is 2.35. The van der Waals surface area contributed by atoms with E-state index in [2.05, 4.69) is 62.8 Å². The summed E-state index contributed by atoms with van der Waals surface area (Å²) >= 11 is 0. The van der Waals surface area contributed by atoms with Gasteiger partial charge in [0.2, 0.25) is 0 Å². The highest BCUT2D eigenvalue weighted by Gasteiger charge is 2.07. The second-order valence-electron chi connectivity index (χ2n) is 5.28. The van der Waals surface area contributed by atoms with Crippen molar-refractivity contribution >= 4 is 17.8 Å². The predicted octanol–water partition coefficient (Wildman–Crippen LogP) is 2.87. The molecular weight excluding hydrogens is 240 g/mol. The van der Waals surface area contributed by atoms with Crippen molar-refractivity contribution in [1.82, 2.24) is 0 Å². The van der Waals surface area contributed by atoms with E-state index in [1.807, 2.05) is 0 Å². The summed E-state index contributed by atoms with van der Waals surface area (Å²) in [5.74, 6) is 3.29. The Labute approximate surface area is 109 Å². The quantitative estimate of drug-likeness (QED) is 0.601. The molecule has 0 fully saturated rings. The van der Waals surface area contributed by atoms with Crippen LogP contribution in [0.1, 0.15) is 16.7 Å². The van der Waals surface area contributed by atoms with E-state index < -0.39 is 8.07 Å². The lowest BCUT2D eigenvalue weighted by Crippen LogP contribution is -2.16. The maximum absolute atomic E-state index is 5.56. The summed E-state index contributed by atoms with van der Waals surface area (Å²) in [4.78, 5) is 0. The molecule has 0 radical (unpaired) electrons. The highest BCUT2D eigenvalue weighted by molar-refractivity contribution is 6.83. The van der Waals surface area contributed by atoms with Gasteiger partial charge in [-0.15, -0.1) is 5.54 Å². The Morgan fingerprint density at radius 3 is 2.53 bits per heavy atom. The minimum atomic E-state index is -1.27. The lowest BCUT2D eigenvalue weighted by Gasteiger charge is -2.07. The largest absolute Gasteiger partial charge is 0.420 e. The molecule has 0 N–H and O–H groups in total. The number of aryl methyl sites for hydroxylation is 1. The van der Waals surface area contributed by atoms with Gasteiger partial charge in [-0.05, 0) is 30.2 Å². The second kappa shape index (κ2) is 6.20. The molecule has 0 aliphatic carbocycles. The molecular formula is C14H22OSi2. The highest BCUT2D eigenvalue weighted by Crippen LogP contribution is 2.12. The molecule has 3 heteroatoms. The third kappa shape index (κ3) is 5.36. The van der Waals surface area contributed by atoms with Gasteiger partial charge >= 0.3 is 0 Å². The molecule has 0 bridgehead atoms. The van der Waals surface area contributed by atoms with E-state index >= 15 is 0 Å². The highest BCUT2D eigenvalue weighted by atomic mass is 28.3. The van der Waals surface area contributed by atoms with E-state index in [-0.39, 0.29) is 9.76 Å². The molecule has 0 saturated heterocycles. The van der Waals surface area contributed by atoms with Crippen molar-refractivity contribution in [2.24, 2.45) is 0 Å². The van der Waals surface area contributed by atoms with Gasteiger partial charge in [0.25, 0.3) is 0 Å². The third-order valence-corrected chi connectivity index (χ3v) is 3.87. The van der Waals surface area contributed by atoms with Crippen LogP contribution in [-0.2, 0) is 11.0 Å². The van der Waals surface area contributed by atoms with E-state index in [0.29, 0.717) is 0 Å². The summed E-state index contributed by atoms with van der Waals surface area (Å²) in [5, 5.41) is 0. The summed E-state index contributed by atoms with van der Waals surface area (Å²) in [6, 6.07) is 6.42. The Bertz CT molecular complexity index is 436. The van der Waals surface area contributed by atoms with Crippen LogP contribution in [0.2, 0.25) is 26.2 Å². The molecule has 17 heavy (non-hydrogen) atoms. The maximum Gasteiger partial charge on any atom is 0.159 e. The Morgan fingerprint density at radius 1 is 1.29 bits per heavy atom. The minimum Gasteiger partial charge on any atom is -0.420 e. The van der Waals surface area contributed by atoms with Gasteiger partial charge < -0.3 is 4.43 Å². The molecule has 0 atom stereocenters. The lowest BCUT2D eigenvalue weighted by atomic mass is 10.1. The molecule has 1 aromatic carbocycles. The minimum absolute atomic E-state index is 0.306. The van der Waals surface area contributed by atoms with E-state index in [1.165, 1.54) is 11.1 Å². The zero-order valence-electron chi connectivity index (χ0n) is 11.6. The van der Waals surface area contributed by atoms with Crippen LogP contribution >= 0.6 is 0 Å². The monoisotopic (exact) mass is 262 g/mol. The van der Waals surface area contributed by atoms with Crippen molar-refractivity contribution < 1.29 is 4.43 Å². The van der Waals surface area contributed by atoms with Gasteiger partial charge in [0.15, 0.2) is 9.76 Å². The van der Waals surface area contributed by atoms with Gasteiger partial charge in [-0.2, -0.15) is 0 Å². The summed E-state index contributed by atoms with van der Waals surface area (Å²) in [5.41, 5.74) is 7.10.